The maximum absolute atomic E-state index is 5.01. The van der Waals surface area contributed by atoms with E-state index in [1.165, 1.54) is 18.2 Å². The second kappa shape index (κ2) is 2.36. The minimum absolute atomic E-state index is 0.557. The Bertz CT molecular complexity index is 233. The van der Waals surface area contributed by atoms with Crippen molar-refractivity contribution in [2.45, 2.75) is 0 Å². The Morgan fingerprint density at radius 1 is 1.70 bits per heavy atom. The first-order chi connectivity index (χ1) is 4.97. The molecule has 0 aliphatic carbocycles. The normalized spacial score (nSPS) is 16.6. The summed E-state index contributed by atoms with van der Waals surface area (Å²) in [6, 6.07) is 0.557. The van der Waals surface area contributed by atoms with Crippen molar-refractivity contribution in [2.75, 3.05) is 5.01 Å². The monoisotopic (exact) mass is 155 g/mol. The molecular weight excluding hydrogens is 150 g/mol. The molecule has 1 aromatic heterocycles. The molecule has 0 fully saturated rings. The lowest BCUT2D eigenvalue weighted by atomic mass is 10.9. The van der Waals surface area contributed by atoms with Gasteiger partial charge in [-0.3, -0.25) is 0 Å². The molecule has 0 atom stereocenters. The third-order valence-corrected chi connectivity index (χ3v) is 1.61. The molecule has 1 aromatic rings. The van der Waals surface area contributed by atoms with Crippen molar-refractivity contribution in [2.24, 2.45) is 0 Å². The molecule has 0 spiro atoms. The van der Waals surface area contributed by atoms with Crippen LogP contribution in [0.3, 0.4) is 0 Å². The Hall–Kier alpha value is -0.940. The molecule has 1 aliphatic heterocycles. The number of hydrazine groups is 1. The zero-order valence-electron chi connectivity index (χ0n) is 5.02. The number of nitrogens with one attached hydrogen (secondary N) is 1. The molecule has 0 aromatic carbocycles. The summed E-state index contributed by atoms with van der Waals surface area (Å²) >= 11 is 1.48. The van der Waals surface area contributed by atoms with Crippen LogP contribution in [-0.4, -0.2) is 4.98 Å². The SMILES string of the molecule is C1=CN(c2ncco2)NS1. The zero-order valence-corrected chi connectivity index (χ0v) is 5.84. The van der Waals surface area contributed by atoms with E-state index in [0.717, 1.165) is 0 Å². The van der Waals surface area contributed by atoms with Gasteiger partial charge in [-0.25, -0.2) is 9.99 Å². The van der Waals surface area contributed by atoms with Gasteiger partial charge in [-0.2, -0.15) is 4.83 Å². The van der Waals surface area contributed by atoms with Gasteiger partial charge in [-0.15, -0.1) is 0 Å². The lowest BCUT2D eigenvalue weighted by Crippen LogP contribution is -2.22. The van der Waals surface area contributed by atoms with Crippen LogP contribution in [0.2, 0.25) is 0 Å². The van der Waals surface area contributed by atoms with Crippen LogP contribution in [0.15, 0.2) is 28.5 Å². The maximum Gasteiger partial charge on any atom is 0.317 e. The van der Waals surface area contributed by atoms with E-state index >= 15 is 0 Å². The number of nitrogens with zero attached hydrogens (tertiary/aromatic N) is 2. The van der Waals surface area contributed by atoms with Gasteiger partial charge in [-0.1, -0.05) is 0 Å². The summed E-state index contributed by atoms with van der Waals surface area (Å²) in [5.41, 5.74) is 0. The van der Waals surface area contributed by atoms with Gasteiger partial charge in [0.1, 0.15) is 6.26 Å². The predicted octanol–water partition coefficient (Wildman–Crippen LogP) is 1.12. The zero-order chi connectivity index (χ0) is 6.81. The fourth-order valence-electron chi connectivity index (χ4n) is 0.647. The van der Waals surface area contributed by atoms with Crippen molar-refractivity contribution < 1.29 is 4.42 Å². The van der Waals surface area contributed by atoms with Crippen LogP contribution >= 0.6 is 11.9 Å². The molecule has 0 bridgehead atoms. The van der Waals surface area contributed by atoms with Crippen LogP contribution in [0.5, 0.6) is 0 Å². The highest BCUT2D eigenvalue weighted by Gasteiger charge is 2.09. The minimum Gasteiger partial charge on any atom is -0.431 e. The molecule has 0 unspecified atom stereocenters. The fraction of sp³-hybridized carbons (Fsp3) is 0. The summed E-state index contributed by atoms with van der Waals surface area (Å²) in [4.78, 5) is 6.87. The molecule has 52 valence electrons. The van der Waals surface area contributed by atoms with Gasteiger partial charge < -0.3 is 4.42 Å². The van der Waals surface area contributed by atoms with E-state index in [1.54, 1.807) is 11.2 Å². The first kappa shape index (κ1) is 5.82. The Morgan fingerprint density at radius 2 is 2.70 bits per heavy atom. The van der Waals surface area contributed by atoms with Gasteiger partial charge in [0.2, 0.25) is 0 Å². The lowest BCUT2D eigenvalue weighted by molar-refractivity contribution is 0.550. The molecule has 0 saturated heterocycles. The van der Waals surface area contributed by atoms with E-state index in [-0.39, 0.29) is 0 Å². The Morgan fingerprint density at radius 3 is 3.30 bits per heavy atom. The highest BCUT2D eigenvalue weighted by molar-refractivity contribution is 8.00. The number of rotatable bonds is 1. The molecule has 0 saturated carbocycles. The van der Waals surface area contributed by atoms with Crippen molar-refractivity contribution in [3.63, 3.8) is 0 Å². The minimum atomic E-state index is 0.557. The molecule has 1 N–H and O–H groups in total. The molecule has 5 heteroatoms. The fourth-order valence-corrected chi connectivity index (χ4v) is 1.14. The van der Waals surface area contributed by atoms with Crippen molar-refractivity contribution in [1.82, 2.24) is 9.82 Å². The molecule has 4 nitrogen and oxygen atoms in total. The summed E-state index contributed by atoms with van der Waals surface area (Å²) in [5.74, 6) is 0. The topological polar surface area (TPSA) is 41.3 Å². The average molecular weight is 155 g/mol. The van der Waals surface area contributed by atoms with E-state index in [1.807, 2.05) is 11.6 Å². The van der Waals surface area contributed by atoms with Gasteiger partial charge in [0.25, 0.3) is 0 Å². The largest absolute Gasteiger partial charge is 0.431 e. The molecule has 10 heavy (non-hydrogen) atoms. The lowest BCUT2D eigenvalue weighted by Gasteiger charge is -2.07. The van der Waals surface area contributed by atoms with E-state index in [4.69, 9.17) is 4.42 Å². The highest BCUT2D eigenvalue weighted by atomic mass is 32.2. The third kappa shape index (κ3) is 0.891. The number of anilines is 1. The Balaban J connectivity index is 2.20. The summed E-state index contributed by atoms with van der Waals surface area (Å²) in [6.45, 7) is 0. The van der Waals surface area contributed by atoms with E-state index in [2.05, 4.69) is 9.82 Å². The van der Waals surface area contributed by atoms with Crippen molar-refractivity contribution >= 4 is 18.0 Å². The number of aromatic nitrogens is 1. The van der Waals surface area contributed by atoms with Crippen molar-refractivity contribution in [3.8, 4) is 0 Å². The highest BCUT2D eigenvalue weighted by Crippen LogP contribution is 2.16. The maximum atomic E-state index is 5.01. The van der Waals surface area contributed by atoms with E-state index in [9.17, 15) is 0 Å². The average Bonchev–Trinajstić information content (AvgIpc) is 2.59. The molecule has 2 rings (SSSR count). The van der Waals surface area contributed by atoms with Crippen LogP contribution in [0.1, 0.15) is 0 Å². The standard InChI is InChI=1S/C5H5N3OS/c1-3-9-5(6-1)8-2-4-10-7-8/h1-4,7H. The summed E-state index contributed by atoms with van der Waals surface area (Å²) in [5, 5.41) is 3.61. The van der Waals surface area contributed by atoms with E-state index < -0.39 is 0 Å². The summed E-state index contributed by atoms with van der Waals surface area (Å²) in [6.07, 6.45) is 4.98. The smallest absolute Gasteiger partial charge is 0.317 e. The van der Waals surface area contributed by atoms with Gasteiger partial charge in [0.05, 0.1) is 6.20 Å². The molecular formula is C5H5N3OS. The number of oxazole rings is 1. The molecule has 2 heterocycles. The third-order valence-electron chi connectivity index (χ3n) is 1.05. The second-order valence-corrected chi connectivity index (χ2v) is 2.37. The number of hydrogen-bond donors (Lipinski definition) is 1. The van der Waals surface area contributed by atoms with Crippen LogP contribution in [0.4, 0.5) is 6.01 Å². The summed E-state index contributed by atoms with van der Waals surface area (Å²) < 4.78 is 5.01. The second-order valence-electron chi connectivity index (χ2n) is 1.68. The quantitative estimate of drug-likeness (QED) is 0.615. The predicted molar refractivity (Wildman–Crippen MR) is 38.8 cm³/mol. The molecule has 1 aliphatic rings. The van der Waals surface area contributed by atoms with Gasteiger partial charge in [0, 0.05) is 11.6 Å². The van der Waals surface area contributed by atoms with Crippen LogP contribution in [0, 0.1) is 0 Å². The van der Waals surface area contributed by atoms with Crippen molar-refractivity contribution in [1.29, 1.82) is 0 Å². The van der Waals surface area contributed by atoms with E-state index in [0.29, 0.717) is 6.01 Å². The molecule has 0 radical (unpaired) electrons. The van der Waals surface area contributed by atoms with Gasteiger partial charge in [-0.05, 0) is 11.9 Å². The first-order valence-corrected chi connectivity index (χ1v) is 3.61. The molecule has 0 amide bonds. The number of hydrogen-bond acceptors (Lipinski definition) is 5. The van der Waals surface area contributed by atoms with Crippen molar-refractivity contribution in [3.05, 3.63) is 24.1 Å². The van der Waals surface area contributed by atoms with Crippen LogP contribution in [0.25, 0.3) is 0 Å². The Kier molecular flexibility index (Phi) is 1.37. The van der Waals surface area contributed by atoms with Gasteiger partial charge in [0.15, 0.2) is 0 Å². The first-order valence-electron chi connectivity index (χ1n) is 2.73. The van der Waals surface area contributed by atoms with Gasteiger partial charge >= 0.3 is 6.01 Å². The summed E-state index contributed by atoms with van der Waals surface area (Å²) in [7, 11) is 0. The van der Waals surface area contributed by atoms with Crippen LogP contribution < -0.4 is 9.84 Å². The van der Waals surface area contributed by atoms with Crippen LogP contribution in [-0.2, 0) is 0 Å². The Labute approximate surface area is 62.0 Å².